The van der Waals surface area contributed by atoms with E-state index in [4.69, 9.17) is 4.55 Å². The number of rotatable bonds is 5. The molecule has 6 heteroatoms. The Labute approximate surface area is 86.3 Å². The van der Waals surface area contributed by atoms with Crippen LogP contribution < -0.4 is 0 Å². The summed E-state index contributed by atoms with van der Waals surface area (Å²) >= 11 is 1.42. The average Bonchev–Trinajstić information content (AvgIpc) is 2.53. The first-order valence-corrected chi connectivity index (χ1v) is 6.55. The van der Waals surface area contributed by atoms with Gasteiger partial charge >= 0.3 is 0 Å². The number of thiophene rings is 1. The van der Waals surface area contributed by atoms with Crippen LogP contribution in [-0.2, 0) is 10.1 Å². The predicted octanol–water partition coefficient (Wildman–Crippen LogP) is 1.60. The smallest absolute Gasteiger partial charge is 0.264 e. The van der Waals surface area contributed by atoms with Crippen LogP contribution in [0.2, 0.25) is 0 Å². The number of Topliss-reactive ketones (excluding diaryl/α,β-unsaturated/α-hetero) is 1. The molecule has 1 heterocycles. The first-order chi connectivity index (χ1) is 6.49. The number of carbonyl (C=O) groups excluding carboxylic acids is 1. The average molecular weight is 234 g/mol. The molecule has 0 aliphatic heterocycles. The van der Waals surface area contributed by atoms with Crippen LogP contribution >= 0.6 is 11.3 Å². The van der Waals surface area contributed by atoms with Crippen molar-refractivity contribution in [3.63, 3.8) is 0 Å². The van der Waals surface area contributed by atoms with E-state index in [1.807, 2.05) is 0 Å². The molecular formula is C8H10O4S2. The Kier molecular flexibility index (Phi) is 3.79. The zero-order valence-electron chi connectivity index (χ0n) is 7.34. The molecule has 0 amide bonds. The number of carbonyl (C=O) groups is 1. The lowest BCUT2D eigenvalue weighted by Crippen LogP contribution is -2.06. The summed E-state index contributed by atoms with van der Waals surface area (Å²) in [7, 11) is -3.94. The molecule has 0 bridgehead atoms. The molecule has 0 aliphatic carbocycles. The van der Waals surface area contributed by atoms with Gasteiger partial charge in [-0.25, -0.2) is 0 Å². The van der Waals surface area contributed by atoms with Crippen LogP contribution in [0.5, 0.6) is 0 Å². The fourth-order valence-electron chi connectivity index (χ4n) is 0.983. The second kappa shape index (κ2) is 4.68. The molecular weight excluding hydrogens is 224 g/mol. The molecule has 14 heavy (non-hydrogen) atoms. The third-order valence-electron chi connectivity index (χ3n) is 1.65. The summed E-state index contributed by atoms with van der Waals surface area (Å²) in [4.78, 5) is 11.3. The predicted molar refractivity (Wildman–Crippen MR) is 54.3 cm³/mol. The lowest BCUT2D eigenvalue weighted by atomic mass is 10.1. The summed E-state index contributed by atoms with van der Waals surface area (Å²) in [5.74, 6) is -0.446. The Morgan fingerprint density at radius 1 is 1.50 bits per heavy atom. The van der Waals surface area contributed by atoms with Gasteiger partial charge in [0.05, 0.1) is 5.75 Å². The summed E-state index contributed by atoms with van der Waals surface area (Å²) in [5.41, 5.74) is 0.602. The van der Waals surface area contributed by atoms with Crippen LogP contribution in [0.1, 0.15) is 23.2 Å². The molecule has 1 aromatic heterocycles. The molecule has 1 rings (SSSR count). The van der Waals surface area contributed by atoms with Gasteiger partial charge in [-0.05, 0) is 17.9 Å². The minimum atomic E-state index is -3.94. The molecule has 1 aromatic rings. The number of hydrogen-bond donors (Lipinski definition) is 1. The molecule has 0 aliphatic rings. The molecule has 78 valence electrons. The van der Waals surface area contributed by atoms with Crippen molar-refractivity contribution in [3.8, 4) is 0 Å². The maximum absolute atomic E-state index is 11.3. The van der Waals surface area contributed by atoms with Gasteiger partial charge < -0.3 is 0 Å². The Hall–Kier alpha value is -0.720. The van der Waals surface area contributed by atoms with Crippen molar-refractivity contribution < 1.29 is 17.8 Å². The van der Waals surface area contributed by atoms with Gasteiger partial charge in [-0.1, -0.05) is 0 Å². The fraction of sp³-hybridized carbons (Fsp3) is 0.375. The molecule has 0 aromatic carbocycles. The molecule has 4 nitrogen and oxygen atoms in total. The number of hydrogen-bond acceptors (Lipinski definition) is 4. The molecule has 0 unspecified atom stereocenters. The van der Waals surface area contributed by atoms with Crippen molar-refractivity contribution in [1.82, 2.24) is 0 Å². The Bertz CT molecular complexity index is 391. The lowest BCUT2D eigenvalue weighted by Gasteiger charge is -1.96. The summed E-state index contributed by atoms with van der Waals surface area (Å²) < 4.78 is 29.1. The van der Waals surface area contributed by atoms with Gasteiger partial charge in [0.25, 0.3) is 10.1 Å². The van der Waals surface area contributed by atoms with E-state index in [2.05, 4.69) is 0 Å². The van der Waals surface area contributed by atoms with Crippen LogP contribution in [0.4, 0.5) is 0 Å². The van der Waals surface area contributed by atoms with Gasteiger partial charge in [-0.15, -0.1) is 0 Å². The van der Waals surface area contributed by atoms with E-state index in [9.17, 15) is 13.2 Å². The quantitative estimate of drug-likeness (QED) is 0.620. The molecule has 0 saturated carbocycles. The monoisotopic (exact) mass is 234 g/mol. The highest BCUT2D eigenvalue weighted by molar-refractivity contribution is 7.85. The zero-order valence-corrected chi connectivity index (χ0v) is 8.97. The standard InChI is InChI=1S/C8H10O4S2/c9-8(7-3-4-13-6-7)2-1-5-14(10,11)12/h3-4,6H,1-2,5H2,(H,10,11,12). The van der Waals surface area contributed by atoms with E-state index < -0.39 is 10.1 Å². The molecule has 0 spiro atoms. The minimum Gasteiger partial charge on any atom is -0.294 e. The topological polar surface area (TPSA) is 71.4 Å². The Balaban J connectivity index is 2.37. The van der Waals surface area contributed by atoms with Gasteiger partial charge in [0.15, 0.2) is 5.78 Å². The minimum absolute atomic E-state index is 0.0881. The lowest BCUT2D eigenvalue weighted by molar-refractivity contribution is 0.0982. The third-order valence-corrected chi connectivity index (χ3v) is 3.14. The van der Waals surface area contributed by atoms with Crippen molar-refractivity contribution in [2.24, 2.45) is 0 Å². The Morgan fingerprint density at radius 3 is 2.71 bits per heavy atom. The van der Waals surface area contributed by atoms with Crippen molar-refractivity contribution in [3.05, 3.63) is 22.4 Å². The Morgan fingerprint density at radius 2 is 2.21 bits per heavy atom. The van der Waals surface area contributed by atoms with E-state index in [0.29, 0.717) is 5.56 Å². The van der Waals surface area contributed by atoms with Gasteiger partial charge in [0, 0.05) is 17.4 Å². The summed E-state index contributed by atoms with van der Waals surface area (Å²) in [5, 5.41) is 3.51. The summed E-state index contributed by atoms with van der Waals surface area (Å²) in [6.07, 6.45) is 0.310. The van der Waals surface area contributed by atoms with Crippen molar-refractivity contribution in [2.45, 2.75) is 12.8 Å². The van der Waals surface area contributed by atoms with E-state index in [1.54, 1.807) is 16.8 Å². The highest BCUT2D eigenvalue weighted by Gasteiger charge is 2.09. The maximum atomic E-state index is 11.3. The molecule has 0 atom stereocenters. The SMILES string of the molecule is O=C(CCCS(=O)(=O)O)c1ccsc1. The highest BCUT2D eigenvalue weighted by atomic mass is 32.2. The first kappa shape index (κ1) is 11.4. The van der Waals surface area contributed by atoms with Crippen molar-refractivity contribution >= 4 is 27.2 Å². The van der Waals surface area contributed by atoms with Crippen LogP contribution in [0.3, 0.4) is 0 Å². The fourth-order valence-corrected chi connectivity index (χ4v) is 2.15. The van der Waals surface area contributed by atoms with Gasteiger partial charge in [0.1, 0.15) is 0 Å². The molecule has 0 fully saturated rings. The van der Waals surface area contributed by atoms with Crippen LogP contribution in [0, 0.1) is 0 Å². The highest BCUT2D eigenvalue weighted by Crippen LogP contribution is 2.10. The van der Waals surface area contributed by atoms with Crippen LogP contribution in [-0.4, -0.2) is 24.5 Å². The normalized spacial score (nSPS) is 11.5. The van der Waals surface area contributed by atoms with Gasteiger partial charge in [-0.3, -0.25) is 9.35 Å². The van der Waals surface area contributed by atoms with Crippen LogP contribution in [0.15, 0.2) is 16.8 Å². The molecule has 1 N–H and O–H groups in total. The van der Waals surface area contributed by atoms with Crippen molar-refractivity contribution in [1.29, 1.82) is 0 Å². The second-order valence-corrected chi connectivity index (χ2v) is 5.18. The first-order valence-electron chi connectivity index (χ1n) is 3.99. The van der Waals surface area contributed by atoms with E-state index >= 15 is 0 Å². The van der Waals surface area contributed by atoms with Gasteiger partial charge in [0.2, 0.25) is 0 Å². The molecule has 0 radical (unpaired) electrons. The number of ketones is 1. The molecule has 0 saturated heterocycles. The van der Waals surface area contributed by atoms with Gasteiger partial charge in [-0.2, -0.15) is 19.8 Å². The third kappa shape index (κ3) is 3.99. The maximum Gasteiger partial charge on any atom is 0.264 e. The van der Waals surface area contributed by atoms with E-state index in [1.165, 1.54) is 11.3 Å². The van der Waals surface area contributed by atoms with E-state index in [-0.39, 0.29) is 24.4 Å². The largest absolute Gasteiger partial charge is 0.294 e. The second-order valence-electron chi connectivity index (χ2n) is 2.82. The zero-order chi connectivity index (χ0) is 10.6. The summed E-state index contributed by atoms with van der Waals surface area (Å²) in [6, 6.07) is 1.69. The van der Waals surface area contributed by atoms with Crippen molar-refractivity contribution in [2.75, 3.05) is 5.75 Å². The summed E-state index contributed by atoms with van der Waals surface area (Å²) in [6.45, 7) is 0. The van der Waals surface area contributed by atoms with Crippen LogP contribution in [0.25, 0.3) is 0 Å². The van der Waals surface area contributed by atoms with E-state index in [0.717, 1.165) is 0 Å².